The number of amides is 1. The quantitative estimate of drug-likeness (QED) is 0.855. The standard InChI is InChI=1S/C18H21NO3S/c1-13-5-3-4-6-17(13)19-18(21)14(2)23(22)12-16-9-7-15(11-20)8-10-16/h3-10,14,20H,11-12H2,1-2H3,(H,19,21). The molecule has 2 rings (SSSR count). The van der Waals surface area contributed by atoms with Crippen LogP contribution in [0.4, 0.5) is 5.69 Å². The van der Waals surface area contributed by atoms with Gasteiger partial charge in [-0.3, -0.25) is 9.00 Å². The van der Waals surface area contributed by atoms with Gasteiger partial charge in [0.15, 0.2) is 0 Å². The summed E-state index contributed by atoms with van der Waals surface area (Å²) in [6.07, 6.45) is 0. The zero-order valence-electron chi connectivity index (χ0n) is 13.3. The van der Waals surface area contributed by atoms with E-state index in [1.54, 1.807) is 19.1 Å². The van der Waals surface area contributed by atoms with Gasteiger partial charge in [-0.05, 0) is 36.6 Å². The Kier molecular flexibility index (Phi) is 6.07. The Morgan fingerprint density at radius 2 is 1.74 bits per heavy atom. The van der Waals surface area contributed by atoms with E-state index in [2.05, 4.69) is 5.32 Å². The molecule has 122 valence electrons. The normalized spacial score (nSPS) is 13.3. The molecular weight excluding hydrogens is 310 g/mol. The first kappa shape index (κ1) is 17.4. The van der Waals surface area contributed by atoms with Crippen LogP contribution in [-0.4, -0.2) is 20.5 Å². The van der Waals surface area contributed by atoms with Gasteiger partial charge in [0.05, 0.1) is 6.61 Å². The van der Waals surface area contributed by atoms with E-state index in [0.29, 0.717) is 5.75 Å². The average Bonchev–Trinajstić information content (AvgIpc) is 2.56. The van der Waals surface area contributed by atoms with Crippen molar-refractivity contribution in [1.29, 1.82) is 0 Å². The third kappa shape index (κ3) is 4.74. The lowest BCUT2D eigenvalue weighted by atomic mass is 10.2. The van der Waals surface area contributed by atoms with Crippen LogP contribution in [0.15, 0.2) is 48.5 Å². The molecule has 0 saturated carbocycles. The fraction of sp³-hybridized carbons (Fsp3) is 0.278. The molecule has 23 heavy (non-hydrogen) atoms. The summed E-state index contributed by atoms with van der Waals surface area (Å²) in [6.45, 7) is 3.57. The molecule has 2 aromatic carbocycles. The molecule has 0 fully saturated rings. The smallest absolute Gasteiger partial charge is 0.239 e. The van der Waals surface area contributed by atoms with E-state index in [-0.39, 0.29) is 12.5 Å². The largest absolute Gasteiger partial charge is 0.392 e. The van der Waals surface area contributed by atoms with Crippen molar-refractivity contribution in [2.75, 3.05) is 5.32 Å². The van der Waals surface area contributed by atoms with Crippen LogP contribution in [-0.2, 0) is 28.0 Å². The summed E-state index contributed by atoms with van der Waals surface area (Å²) < 4.78 is 12.4. The van der Waals surface area contributed by atoms with E-state index in [1.807, 2.05) is 43.3 Å². The van der Waals surface area contributed by atoms with E-state index >= 15 is 0 Å². The van der Waals surface area contributed by atoms with Gasteiger partial charge in [0.2, 0.25) is 5.91 Å². The monoisotopic (exact) mass is 331 g/mol. The number of anilines is 1. The zero-order valence-corrected chi connectivity index (χ0v) is 14.1. The molecule has 0 bridgehead atoms. The van der Waals surface area contributed by atoms with Gasteiger partial charge < -0.3 is 10.4 Å². The highest BCUT2D eigenvalue weighted by atomic mass is 32.2. The van der Waals surface area contributed by atoms with Crippen LogP contribution in [0, 0.1) is 6.92 Å². The number of para-hydroxylation sites is 1. The molecule has 0 aliphatic heterocycles. The summed E-state index contributed by atoms with van der Waals surface area (Å²) in [6, 6.07) is 14.8. The predicted molar refractivity (Wildman–Crippen MR) is 93.5 cm³/mol. The first-order valence-electron chi connectivity index (χ1n) is 7.43. The summed E-state index contributed by atoms with van der Waals surface area (Å²) in [5, 5.41) is 11.2. The molecule has 0 aliphatic rings. The Labute approximate surface area is 139 Å². The van der Waals surface area contributed by atoms with Gasteiger partial charge in [0.1, 0.15) is 5.25 Å². The molecule has 5 heteroatoms. The summed E-state index contributed by atoms with van der Waals surface area (Å²) in [7, 11) is -1.31. The van der Waals surface area contributed by atoms with Gasteiger partial charge in [-0.2, -0.15) is 0 Å². The molecule has 0 saturated heterocycles. The number of hydrogen-bond donors (Lipinski definition) is 2. The highest BCUT2D eigenvalue weighted by molar-refractivity contribution is 7.85. The number of carbonyl (C=O) groups excluding carboxylic acids is 1. The van der Waals surface area contributed by atoms with Crippen LogP contribution in [0.5, 0.6) is 0 Å². The SMILES string of the molecule is Cc1ccccc1NC(=O)C(C)S(=O)Cc1ccc(CO)cc1. The van der Waals surface area contributed by atoms with Gasteiger partial charge in [0.25, 0.3) is 0 Å². The summed E-state index contributed by atoms with van der Waals surface area (Å²) in [5.74, 6) is 0.0678. The highest BCUT2D eigenvalue weighted by Crippen LogP contribution is 2.15. The van der Waals surface area contributed by atoms with Gasteiger partial charge >= 0.3 is 0 Å². The number of aryl methyl sites for hydroxylation is 1. The number of hydrogen-bond acceptors (Lipinski definition) is 3. The minimum atomic E-state index is -1.31. The molecule has 2 aromatic rings. The molecule has 0 aliphatic carbocycles. The van der Waals surface area contributed by atoms with Crippen molar-refractivity contribution in [3.05, 3.63) is 65.2 Å². The maximum absolute atomic E-state index is 12.4. The van der Waals surface area contributed by atoms with Crippen molar-refractivity contribution in [2.24, 2.45) is 0 Å². The van der Waals surface area contributed by atoms with Gasteiger partial charge in [-0.15, -0.1) is 0 Å². The highest BCUT2D eigenvalue weighted by Gasteiger charge is 2.20. The van der Waals surface area contributed by atoms with Crippen LogP contribution in [0.3, 0.4) is 0 Å². The Bertz CT molecular complexity index is 698. The second-order valence-electron chi connectivity index (χ2n) is 5.45. The Balaban J connectivity index is 1.98. The van der Waals surface area contributed by atoms with Crippen molar-refractivity contribution >= 4 is 22.4 Å². The molecule has 1 amide bonds. The van der Waals surface area contributed by atoms with E-state index in [9.17, 15) is 9.00 Å². The molecule has 2 unspecified atom stereocenters. The second-order valence-corrected chi connectivity index (χ2v) is 7.20. The minimum Gasteiger partial charge on any atom is -0.392 e. The second kappa shape index (κ2) is 8.04. The van der Waals surface area contributed by atoms with E-state index in [4.69, 9.17) is 5.11 Å². The third-order valence-corrected chi connectivity index (χ3v) is 5.30. The van der Waals surface area contributed by atoms with Crippen molar-refractivity contribution in [2.45, 2.75) is 31.5 Å². The fourth-order valence-corrected chi connectivity index (χ4v) is 3.17. The number of nitrogens with one attached hydrogen (secondary N) is 1. The first-order chi connectivity index (χ1) is 11.0. The van der Waals surface area contributed by atoms with E-state index < -0.39 is 16.0 Å². The maximum Gasteiger partial charge on any atom is 0.239 e. The minimum absolute atomic E-state index is 0.0153. The third-order valence-electron chi connectivity index (χ3n) is 3.68. The van der Waals surface area contributed by atoms with Crippen LogP contribution in [0.2, 0.25) is 0 Å². The zero-order chi connectivity index (χ0) is 16.8. The maximum atomic E-state index is 12.4. The molecule has 2 N–H and O–H groups in total. The lowest BCUT2D eigenvalue weighted by Gasteiger charge is -2.13. The van der Waals surface area contributed by atoms with Crippen molar-refractivity contribution in [3.63, 3.8) is 0 Å². The van der Waals surface area contributed by atoms with Gasteiger partial charge in [-0.1, -0.05) is 42.5 Å². The lowest BCUT2D eigenvalue weighted by molar-refractivity contribution is -0.115. The number of aliphatic hydroxyl groups is 1. The molecule has 2 atom stereocenters. The van der Waals surface area contributed by atoms with Crippen LogP contribution < -0.4 is 5.32 Å². The summed E-state index contributed by atoms with van der Waals surface area (Å²) >= 11 is 0. The van der Waals surface area contributed by atoms with Crippen molar-refractivity contribution in [3.8, 4) is 0 Å². The van der Waals surface area contributed by atoms with Gasteiger partial charge in [0, 0.05) is 22.2 Å². The Morgan fingerprint density at radius 3 is 2.35 bits per heavy atom. The summed E-state index contributed by atoms with van der Waals surface area (Å²) in [4.78, 5) is 12.3. The van der Waals surface area contributed by atoms with Crippen molar-refractivity contribution in [1.82, 2.24) is 0 Å². The predicted octanol–water partition coefficient (Wildman–Crippen LogP) is 2.76. The van der Waals surface area contributed by atoms with Crippen LogP contribution in [0.25, 0.3) is 0 Å². The van der Waals surface area contributed by atoms with E-state index in [1.165, 1.54) is 0 Å². The topological polar surface area (TPSA) is 66.4 Å². The average molecular weight is 331 g/mol. The molecule has 0 heterocycles. The number of benzene rings is 2. The fourth-order valence-electron chi connectivity index (χ4n) is 2.10. The van der Waals surface area contributed by atoms with Crippen LogP contribution >= 0.6 is 0 Å². The number of rotatable bonds is 6. The van der Waals surface area contributed by atoms with Crippen LogP contribution in [0.1, 0.15) is 23.6 Å². The first-order valence-corrected chi connectivity index (χ1v) is 8.82. The summed E-state index contributed by atoms with van der Waals surface area (Å²) in [5.41, 5.74) is 3.41. The molecule has 0 spiro atoms. The number of carbonyl (C=O) groups is 1. The molecule has 0 radical (unpaired) electrons. The van der Waals surface area contributed by atoms with Gasteiger partial charge in [-0.25, -0.2) is 0 Å². The lowest BCUT2D eigenvalue weighted by Crippen LogP contribution is -2.30. The Hall–Kier alpha value is -1.98. The molecule has 0 aromatic heterocycles. The van der Waals surface area contributed by atoms with Crippen molar-refractivity contribution < 1.29 is 14.1 Å². The number of aliphatic hydroxyl groups excluding tert-OH is 1. The molecule has 4 nitrogen and oxygen atoms in total. The van der Waals surface area contributed by atoms with E-state index in [0.717, 1.165) is 22.4 Å². The molecular formula is C18H21NO3S. The Morgan fingerprint density at radius 1 is 1.13 bits per heavy atom.